The van der Waals surface area contributed by atoms with Gasteiger partial charge in [-0.2, -0.15) is 11.8 Å². The van der Waals surface area contributed by atoms with Crippen molar-refractivity contribution < 1.29 is 0 Å². The van der Waals surface area contributed by atoms with E-state index in [1.165, 1.54) is 16.8 Å². The third-order valence-corrected chi connectivity index (χ3v) is 5.58. The molecule has 20 heavy (non-hydrogen) atoms. The molecule has 106 valence electrons. The molecule has 1 fully saturated rings. The summed E-state index contributed by atoms with van der Waals surface area (Å²) in [6.45, 7) is 7.75. The lowest BCUT2D eigenvalue weighted by Crippen LogP contribution is -2.44. The Labute approximate surface area is 124 Å². The molecule has 1 aliphatic heterocycles. The molecule has 1 aliphatic rings. The number of fused-ring (bicyclic) bond motifs is 1. The van der Waals surface area contributed by atoms with Crippen molar-refractivity contribution >= 4 is 33.9 Å². The van der Waals surface area contributed by atoms with Gasteiger partial charge >= 0.3 is 0 Å². The van der Waals surface area contributed by atoms with Gasteiger partial charge in [-0.05, 0) is 32.0 Å². The summed E-state index contributed by atoms with van der Waals surface area (Å²) in [7, 11) is 0. The topological polar surface area (TPSA) is 42.1 Å². The van der Waals surface area contributed by atoms with E-state index in [1.54, 1.807) is 0 Å². The Kier molecular flexibility index (Phi) is 3.50. The Morgan fingerprint density at radius 3 is 2.90 bits per heavy atom. The Hall–Kier alpha value is -1.42. The van der Waals surface area contributed by atoms with Crippen molar-refractivity contribution in [2.75, 3.05) is 22.9 Å². The first-order valence-electron chi connectivity index (χ1n) is 7.11. The summed E-state index contributed by atoms with van der Waals surface area (Å²) in [5.41, 5.74) is 9.24. The summed E-state index contributed by atoms with van der Waals surface area (Å²) in [6.07, 6.45) is 1.90. The van der Waals surface area contributed by atoms with Crippen molar-refractivity contribution in [2.24, 2.45) is 0 Å². The number of hydrogen-bond donors (Lipinski definition) is 1. The molecule has 2 atom stereocenters. The number of benzene rings is 1. The van der Waals surface area contributed by atoms with Crippen molar-refractivity contribution in [3.8, 4) is 0 Å². The molecular weight excluding hydrogens is 266 g/mol. The molecule has 1 aromatic heterocycles. The van der Waals surface area contributed by atoms with Crippen molar-refractivity contribution in [3.05, 3.63) is 30.1 Å². The van der Waals surface area contributed by atoms with Gasteiger partial charge in [-0.3, -0.25) is 4.98 Å². The first kappa shape index (κ1) is 13.6. The minimum atomic E-state index is 0.536. The van der Waals surface area contributed by atoms with E-state index in [0.29, 0.717) is 11.3 Å². The molecule has 0 amide bonds. The number of thioether (sulfide) groups is 1. The SMILES string of the molecule is Cc1cc2c(N3CCSC(C)C3C)ccc(N)c2cn1. The van der Waals surface area contributed by atoms with Gasteiger partial charge in [0.2, 0.25) is 0 Å². The van der Waals surface area contributed by atoms with Crippen LogP contribution in [0.3, 0.4) is 0 Å². The van der Waals surface area contributed by atoms with Crippen LogP contribution in [-0.2, 0) is 0 Å². The van der Waals surface area contributed by atoms with Gasteiger partial charge in [0.1, 0.15) is 0 Å². The monoisotopic (exact) mass is 287 g/mol. The molecule has 0 bridgehead atoms. The van der Waals surface area contributed by atoms with Crippen molar-refractivity contribution in [1.82, 2.24) is 4.98 Å². The van der Waals surface area contributed by atoms with Crippen molar-refractivity contribution in [3.63, 3.8) is 0 Å². The van der Waals surface area contributed by atoms with Crippen LogP contribution >= 0.6 is 11.8 Å². The van der Waals surface area contributed by atoms with E-state index in [0.717, 1.165) is 23.3 Å². The zero-order valence-corrected chi connectivity index (χ0v) is 13.1. The second kappa shape index (κ2) is 5.17. The fourth-order valence-electron chi connectivity index (χ4n) is 2.87. The van der Waals surface area contributed by atoms with E-state index >= 15 is 0 Å². The molecule has 3 nitrogen and oxygen atoms in total. The molecule has 1 saturated heterocycles. The van der Waals surface area contributed by atoms with Gasteiger partial charge in [0.25, 0.3) is 0 Å². The van der Waals surface area contributed by atoms with E-state index in [4.69, 9.17) is 5.73 Å². The molecule has 2 aromatic rings. The van der Waals surface area contributed by atoms with Gasteiger partial charge in [-0.25, -0.2) is 0 Å². The number of nitrogen functional groups attached to an aromatic ring is 1. The largest absolute Gasteiger partial charge is 0.398 e. The maximum absolute atomic E-state index is 6.10. The number of nitrogens with two attached hydrogens (primary N) is 1. The molecule has 0 aliphatic carbocycles. The van der Waals surface area contributed by atoms with Gasteiger partial charge in [0.15, 0.2) is 0 Å². The van der Waals surface area contributed by atoms with Crippen LogP contribution in [-0.4, -0.2) is 28.6 Å². The molecule has 2 unspecified atom stereocenters. The van der Waals surface area contributed by atoms with E-state index in [9.17, 15) is 0 Å². The molecule has 2 heterocycles. The van der Waals surface area contributed by atoms with Gasteiger partial charge in [-0.15, -0.1) is 0 Å². The second-order valence-electron chi connectivity index (χ2n) is 5.56. The maximum atomic E-state index is 6.10. The quantitative estimate of drug-likeness (QED) is 0.816. The number of nitrogens with zero attached hydrogens (tertiary/aromatic N) is 2. The van der Waals surface area contributed by atoms with E-state index in [-0.39, 0.29) is 0 Å². The highest BCUT2D eigenvalue weighted by molar-refractivity contribution is 8.00. The molecule has 3 rings (SSSR count). The molecule has 0 spiro atoms. The predicted octanol–water partition coefficient (Wildman–Crippen LogP) is 3.46. The Morgan fingerprint density at radius 2 is 2.10 bits per heavy atom. The van der Waals surface area contributed by atoms with Gasteiger partial charge in [0, 0.05) is 57.6 Å². The third kappa shape index (κ3) is 2.22. The smallest absolute Gasteiger partial charge is 0.0451 e. The summed E-state index contributed by atoms with van der Waals surface area (Å²) in [6, 6.07) is 6.86. The van der Waals surface area contributed by atoms with Crippen LogP contribution in [0.2, 0.25) is 0 Å². The summed E-state index contributed by atoms with van der Waals surface area (Å²) in [5, 5.41) is 2.94. The molecule has 4 heteroatoms. The van der Waals surface area contributed by atoms with Crippen LogP contribution in [0.5, 0.6) is 0 Å². The molecule has 0 radical (unpaired) electrons. The fraction of sp³-hybridized carbons (Fsp3) is 0.438. The summed E-state index contributed by atoms with van der Waals surface area (Å²) in [5.74, 6) is 1.18. The first-order chi connectivity index (χ1) is 9.58. The highest BCUT2D eigenvalue weighted by atomic mass is 32.2. The van der Waals surface area contributed by atoms with Gasteiger partial charge < -0.3 is 10.6 Å². The standard InChI is InChI=1S/C16H21N3S/c1-10-8-13-14(9-18-10)15(17)4-5-16(13)19-6-7-20-12(3)11(19)2/h4-5,8-9,11-12H,6-7,17H2,1-3H3. The van der Waals surface area contributed by atoms with E-state index in [2.05, 4.69) is 47.6 Å². The average molecular weight is 287 g/mol. The third-order valence-electron chi connectivity index (χ3n) is 4.24. The van der Waals surface area contributed by atoms with E-state index in [1.807, 2.05) is 19.2 Å². The van der Waals surface area contributed by atoms with Crippen LogP contribution < -0.4 is 10.6 Å². The maximum Gasteiger partial charge on any atom is 0.0451 e. The minimum absolute atomic E-state index is 0.536. The number of hydrogen-bond acceptors (Lipinski definition) is 4. The minimum Gasteiger partial charge on any atom is -0.398 e. The lowest BCUT2D eigenvalue weighted by atomic mass is 10.1. The molecular formula is C16H21N3S. The van der Waals surface area contributed by atoms with Crippen LogP contribution in [0.4, 0.5) is 11.4 Å². The zero-order valence-electron chi connectivity index (χ0n) is 12.3. The van der Waals surface area contributed by atoms with Crippen LogP contribution in [0.25, 0.3) is 10.8 Å². The number of aromatic nitrogens is 1. The summed E-state index contributed by atoms with van der Waals surface area (Å²) in [4.78, 5) is 6.90. The van der Waals surface area contributed by atoms with Gasteiger partial charge in [-0.1, -0.05) is 6.92 Å². The van der Waals surface area contributed by atoms with Crippen molar-refractivity contribution in [1.29, 1.82) is 0 Å². The van der Waals surface area contributed by atoms with Crippen LogP contribution in [0.1, 0.15) is 19.5 Å². The lowest BCUT2D eigenvalue weighted by molar-refractivity contribution is 0.629. The van der Waals surface area contributed by atoms with Gasteiger partial charge in [0.05, 0.1) is 0 Å². The van der Waals surface area contributed by atoms with Crippen LogP contribution in [0, 0.1) is 6.92 Å². The summed E-state index contributed by atoms with van der Waals surface area (Å²) >= 11 is 2.06. The Bertz CT molecular complexity index is 641. The first-order valence-corrected chi connectivity index (χ1v) is 8.16. The lowest BCUT2D eigenvalue weighted by Gasteiger charge is -2.39. The fourth-order valence-corrected chi connectivity index (χ4v) is 3.97. The normalized spacial score (nSPS) is 23.2. The molecule has 1 aromatic carbocycles. The molecule has 0 saturated carbocycles. The highest BCUT2D eigenvalue weighted by Crippen LogP contribution is 2.35. The highest BCUT2D eigenvalue weighted by Gasteiger charge is 2.26. The Balaban J connectivity index is 2.16. The number of aryl methyl sites for hydroxylation is 1. The van der Waals surface area contributed by atoms with Crippen molar-refractivity contribution in [2.45, 2.75) is 32.1 Å². The number of rotatable bonds is 1. The number of anilines is 2. The number of pyridine rings is 1. The zero-order chi connectivity index (χ0) is 14.3. The predicted molar refractivity (Wildman–Crippen MR) is 89.6 cm³/mol. The second-order valence-corrected chi connectivity index (χ2v) is 7.04. The Morgan fingerprint density at radius 1 is 1.30 bits per heavy atom. The van der Waals surface area contributed by atoms with E-state index < -0.39 is 0 Å². The average Bonchev–Trinajstić information content (AvgIpc) is 2.43. The molecule has 2 N–H and O–H groups in total. The summed E-state index contributed by atoms with van der Waals surface area (Å²) < 4.78 is 0. The van der Waals surface area contributed by atoms with Crippen LogP contribution in [0.15, 0.2) is 24.4 Å².